The average molecular weight is 230 g/mol. The first-order valence-electron chi connectivity index (χ1n) is 6.24. The van der Waals surface area contributed by atoms with Crippen LogP contribution in [-0.2, 0) is 6.42 Å². The summed E-state index contributed by atoms with van der Waals surface area (Å²) in [6.45, 7) is 2.15. The molecule has 0 aromatic heterocycles. The van der Waals surface area contributed by atoms with Crippen LogP contribution < -0.4 is 0 Å². The lowest BCUT2D eigenvalue weighted by atomic mass is 9.76. The van der Waals surface area contributed by atoms with Gasteiger partial charge in [0.2, 0.25) is 0 Å². The highest BCUT2D eigenvalue weighted by Crippen LogP contribution is 2.43. The Morgan fingerprint density at radius 1 is 1.35 bits per heavy atom. The van der Waals surface area contributed by atoms with E-state index in [0.717, 1.165) is 37.2 Å². The number of piperidine rings is 1. The van der Waals surface area contributed by atoms with E-state index >= 15 is 0 Å². The molecular weight excluding hydrogens is 212 g/mol. The Bertz CT molecular complexity index is 469. The summed E-state index contributed by atoms with van der Waals surface area (Å²) in [4.78, 5) is 2.35. The fourth-order valence-corrected chi connectivity index (χ4v) is 3.50. The average Bonchev–Trinajstić information content (AvgIpc) is 2.61. The maximum atomic E-state index is 9.39. The van der Waals surface area contributed by atoms with Gasteiger partial charge in [-0.2, -0.15) is 0 Å². The van der Waals surface area contributed by atoms with E-state index in [-0.39, 0.29) is 5.41 Å². The van der Waals surface area contributed by atoms with Gasteiger partial charge in [0.1, 0.15) is 0 Å². The first-order valence-corrected chi connectivity index (χ1v) is 6.24. The lowest BCUT2D eigenvalue weighted by Crippen LogP contribution is -2.45. The minimum atomic E-state index is 0.0471. The topological polar surface area (TPSA) is 35.8 Å². The van der Waals surface area contributed by atoms with Crippen LogP contribution in [-0.4, -0.2) is 36.0 Å². The molecule has 1 aliphatic heterocycles. The van der Waals surface area contributed by atoms with Gasteiger partial charge in [0.25, 0.3) is 0 Å². The van der Waals surface area contributed by atoms with Gasteiger partial charge in [-0.05, 0) is 38.4 Å². The predicted octanol–water partition coefficient (Wildman–Crippen LogP) is 2.13. The first kappa shape index (κ1) is 10.8. The van der Waals surface area contributed by atoms with Crippen molar-refractivity contribution in [3.8, 4) is 0 Å². The summed E-state index contributed by atoms with van der Waals surface area (Å²) < 4.78 is 0. The van der Waals surface area contributed by atoms with Crippen LogP contribution >= 0.6 is 0 Å². The summed E-state index contributed by atoms with van der Waals surface area (Å²) in [6, 6.07) is 8.33. The van der Waals surface area contributed by atoms with Gasteiger partial charge in [-0.15, -0.1) is 0 Å². The first-order chi connectivity index (χ1) is 8.25. The molecule has 1 atom stereocenters. The van der Waals surface area contributed by atoms with Crippen molar-refractivity contribution >= 4 is 5.71 Å². The smallest absolute Gasteiger partial charge is 0.0948 e. The van der Waals surface area contributed by atoms with Gasteiger partial charge in [-0.3, -0.25) is 0 Å². The third kappa shape index (κ3) is 1.57. The van der Waals surface area contributed by atoms with Gasteiger partial charge in [0, 0.05) is 17.5 Å². The monoisotopic (exact) mass is 230 g/mol. The number of hydrogen-bond donors (Lipinski definition) is 1. The van der Waals surface area contributed by atoms with E-state index in [1.54, 1.807) is 0 Å². The Morgan fingerprint density at radius 3 is 2.94 bits per heavy atom. The standard InChI is InChI=1S/C14H18N2O/c1-16-8-4-7-14(10-16)9-11-5-2-3-6-12(11)13(14)15-17/h2-3,5-6,17H,4,7-10H2,1H3/b15-13-. The van der Waals surface area contributed by atoms with Crippen LogP contribution in [0, 0.1) is 5.41 Å². The maximum absolute atomic E-state index is 9.39. The van der Waals surface area contributed by atoms with Crippen molar-refractivity contribution in [2.75, 3.05) is 20.1 Å². The van der Waals surface area contributed by atoms with E-state index in [4.69, 9.17) is 0 Å². The summed E-state index contributed by atoms with van der Waals surface area (Å²) in [5, 5.41) is 13.0. The molecule has 3 rings (SSSR count). The summed E-state index contributed by atoms with van der Waals surface area (Å²) in [5.41, 5.74) is 3.42. The fourth-order valence-electron chi connectivity index (χ4n) is 3.50. The van der Waals surface area contributed by atoms with E-state index in [2.05, 4.69) is 35.3 Å². The number of hydrogen-bond acceptors (Lipinski definition) is 3. The molecule has 0 radical (unpaired) electrons. The number of oxime groups is 1. The third-order valence-corrected chi connectivity index (χ3v) is 4.17. The highest BCUT2D eigenvalue weighted by molar-refractivity contribution is 6.08. The molecule has 0 saturated carbocycles. The zero-order valence-corrected chi connectivity index (χ0v) is 10.2. The third-order valence-electron chi connectivity index (χ3n) is 4.17. The summed E-state index contributed by atoms with van der Waals surface area (Å²) in [5.74, 6) is 0. The molecule has 90 valence electrons. The summed E-state index contributed by atoms with van der Waals surface area (Å²) in [6.07, 6.45) is 3.34. The molecule has 0 amide bonds. The van der Waals surface area contributed by atoms with Crippen molar-refractivity contribution in [3.05, 3.63) is 35.4 Å². The molecule has 1 heterocycles. The van der Waals surface area contributed by atoms with Crippen LogP contribution in [0.15, 0.2) is 29.4 Å². The number of benzene rings is 1. The number of likely N-dealkylation sites (tertiary alicyclic amines) is 1. The minimum Gasteiger partial charge on any atom is -0.411 e. The second-order valence-corrected chi connectivity index (χ2v) is 5.40. The van der Waals surface area contributed by atoms with Gasteiger partial charge in [0.05, 0.1) is 5.71 Å². The molecule has 1 unspecified atom stereocenters. The molecule has 1 fully saturated rings. The number of fused-ring (bicyclic) bond motifs is 1. The molecule has 1 aromatic carbocycles. The van der Waals surface area contributed by atoms with Crippen LogP contribution in [0.4, 0.5) is 0 Å². The highest BCUT2D eigenvalue weighted by Gasteiger charge is 2.45. The van der Waals surface area contributed by atoms with Crippen molar-refractivity contribution in [3.63, 3.8) is 0 Å². The van der Waals surface area contributed by atoms with E-state index in [9.17, 15) is 5.21 Å². The molecule has 1 aromatic rings. The van der Waals surface area contributed by atoms with Crippen molar-refractivity contribution in [1.82, 2.24) is 4.90 Å². The van der Waals surface area contributed by atoms with Crippen LogP contribution in [0.3, 0.4) is 0 Å². The van der Waals surface area contributed by atoms with Gasteiger partial charge in [-0.25, -0.2) is 0 Å². The van der Waals surface area contributed by atoms with Crippen LogP contribution in [0.2, 0.25) is 0 Å². The van der Waals surface area contributed by atoms with Crippen molar-refractivity contribution < 1.29 is 5.21 Å². The molecule has 2 aliphatic rings. The van der Waals surface area contributed by atoms with Crippen molar-refractivity contribution in [2.24, 2.45) is 10.6 Å². The zero-order valence-electron chi connectivity index (χ0n) is 10.2. The molecule has 0 bridgehead atoms. The van der Waals surface area contributed by atoms with E-state index in [1.807, 2.05) is 6.07 Å². The van der Waals surface area contributed by atoms with Crippen molar-refractivity contribution in [2.45, 2.75) is 19.3 Å². The maximum Gasteiger partial charge on any atom is 0.0948 e. The summed E-state index contributed by atoms with van der Waals surface area (Å²) in [7, 11) is 2.15. The molecule has 17 heavy (non-hydrogen) atoms. The molecule has 1 saturated heterocycles. The van der Waals surface area contributed by atoms with Crippen LogP contribution in [0.5, 0.6) is 0 Å². The summed E-state index contributed by atoms with van der Waals surface area (Å²) >= 11 is 0. The van der Waals surface area contributed by atoms with Gasteiger partial charge in [-0.1, -0.05) is 29.4 Å². The fraction of sp³-hybridized carbons (Fsp3) is 0.500. The SMILES string of the molecule is CN1CCCC2(Cc3ccccc3/C2=N/O)C1. The van der Waals surface area contributed by atoms with Crippen LogP contribution in [0.25, 0.3) is 0 Å². The quantitative estimate of drug-likeness (QED) is 0.547. The second kappa shape index (κ2) is 3.84. The molecule has 1 aliphatic carbocycles. The van der Waals surface area contributed by atoms with Gasteiger partial charge in [0.15, 0.2) is 0 Å². The van der Waals surface area contributed by atoms with Gasteiger partial charge < -0.3 is 10.1 Å². The zero-order chi connectivity index (χ0) is 11.9. The Labute approximate surface area is 102 Å². The lowest BCUT2D eigenvalue weighted by Gasteiger charge is -2.38. The molecule has 1 spiro atoms. The second-order valence-electron chi connectivity index (χ2n) is 5.40. The Hall–Kier alpha value is -1.35. The minimum absolute atomic E-state index is 0.0471. The molecule has 3 nitrogen and oxygen atoms in total. The van der Waals surface area contributed by atoms with E-state index in [1.165, 1.54) is 12.0 Å². The largest absolute Gasteiger partial charge is 0.411 e. The van der Waals surface area contributed by atoms with Crippen LogP contribution in [0.1, 0.15) is 24.0 Å². The van der Waals surface area contributed by atoms with Crippen molar-refractivity contribution in [1.29, 1.82) is 0 Å². The number of rotatable bonds is 0. The predicted molar refractivity (Wildman–Crippen MR) is 67.6 cm³/mol. The Kier molecular flexibility index (Phi) is 2.44. The van der Waals surface area contributed by atoms with E-state index < -0.39 is 0 Å². The highest BCUT2D eigenvalue weighted by atomic mass is 16.4. The number of nitrogens with zero attached hydrogens (tertiary/aromatic N) is 2. The molecule has 1 N–H and O–H groups in total. The Balaban J connectivity index is 2.05. The normalized spacial score (nSPS) is 31.0. The molecule has 3 heteroatoms. The molecular formula is C14H18N2O. The Morgan fingerprint density at radius 2 is 2.18 bits per heavy atom. The van der Waals surface area contributed by atoms with E-state index in [0.29, 0.717) is 0 Å². The lowest BCUT2D eigenvalue weighted by molar-refractivity contribution is 0.167. The van der Waals surface area contributed by atoms with Gasteiger partial charge >= 0.3 is 0 Å².